The number of hydrogen-bond acceptors (Lipinski definition) is 2. The van der Waals surface area contributed by atoms with Crippen molar-refractivity contribution < 1.29 is 9.13 Å². The van der Waals surface area contributed by atoms with E-state index in [1.165, 1.54) is 6.07 Å². The van der Waals surface area contributed by atoms with Gasteiger partial charge in [0, 0.05) is 6.42 Å². The van der Waals surface area contributed by atoms with Crippen molar-refractivity contribution in [1.82, 2.24) is 0 Å². The molecular formula is C15H13BrFNOS. The van der Waals surface area contributed by atoms with Gasteiger partial charge in [0.15, 0.2) is 0 Å². The van der Waals surface area contributed by atoms with Crippen LogP contribution in [0.5, 0.6) is 5.75 Å². The Labute approximate surface area is 130 Å². The number of hydrogen-bond donors (Lipinski definition) is 1. The molecule has 0 unspecified atom stereocenters. The van der Waals surface area contributed by atoms with Crippen molar-refractivity contribution in [2.24, 2.45) is 5.73 Å². The molecule has 2 N–H and O–H groups in total. The third kappa shape index (κ3) is 4.28. The number of nitrogens with two attached hydrogens (primary N) is 1. The SMILES string of the molecule is NC(=S)Cc1ccc(OCc2ccc(F)c(Br)c2)cc1. The highest BCUT2D eigenvalue weighted by Crippen LogP contribution is 2.19. The van der Waals surface area contributed by atoms with Crippen molar-refractivity contribution in [3.8, 4) is 5.75 Å². The molecule has 0 aliphatic rings. The van der Waals surface area contributed by atoms with Crippen molar-refractivity contribution in [3.05, 3.63) is 63.9 Å². The second kappa shape index (κ2) is 6.81. The lowest BCUT2D eigenvalue weighted by molar-refractivity contribution is 0.306. The van der Waals surface area contributed by atoms with Crippen molar-refractivity contribution in [1.29, 1.82) is 0 Å². The molecule has 0 amide bonds. The zero-order valence-corrected chi connectivity index (χ0v) is 13.0. The van der Waals surface area contributed by atoms with Crippen LogP contribution in [0.1, 0.15) is 11.1 Å². The molecule has 0 radical (unpaired) electrons. The van der Waals surface area contributed by atoms with Crippen LogP contribution in [0.4, 0.5) is 4.39 Å². The maximum absolute atomic E-state index is 13.1. The van der Waals surface area contributed by atoms with E-state index in [9.17, 15) is 4.39 Å². The average Bonchev–Trinajstić information content (AvgIpc) is 2.41. The van der Waals surface area contributed by atoms with Gasteiger partial charge in [-0.2, -0.15) is 0 Å². The van der Waals surface area contributed by atoms with E-state index in [0.717, 1.165) is 16.9 Å². The third-order valence-electron chi connectivity index (χ3n) is 2.69. The first-order valence-electron chi connectivity index (χ1n) is 5.98. The Morgan fingerprint density at radius 3 is 2.40 bits per heavy atom. The first-order chi connectivity index (χ1) is 9.54. The van der Waals surface area contributed by atoms with Crippen molar-refractivity contribution in [2.45, 2.75) is 13.0 Å². The van der Waals surface area contributed by atoms with Gasteiger partial charge in [-0.3, -0.25) is 0 Å². The normalized spacial score (nSPS) is 10.3. The van der Waals surface area contributed by atoms with Crippen LogP contribution in [0, 0.1) is 5.82 Å². The smallest absolute Gasteiger partial charge is 0.137 e. The number of halogens is 2. The molecule has 0 fully saturated rings. The number of ether oxygens (including phenoxy) is 1. The first-order valence-corrected chi connectivity index (χ1v) is 7.18. The summed E-state index contributed by atoms with van der Waals surface area (Å²) in [4.78, 5) is 0.467. The van der Waals surface area contributed by atoms with Gasteiger partial charge in [0.1, 0.15) is 18.2 Å². The summed E-state index contributed by atoms with van der Waals surface area (Å²) < 4.78 is 19.2. The van der Waals surface area contributed by atoms with Crippen LogP contribution in [0.15, 0.2) is 46.9 Å². The van der Waals surface area contributed by atoms with E-state index in [4.69, 9.17) is 22.7 Å². The molecule has 5 heteroatoms. The minimum Gasteiger partial charge on any atom is -0.489 e. The second-order valence-corrected chi connectivity index (χ2v) is 5.70. The molecule has 2 aromatic carbocycles. The van der Waals surface area contributed by atoms with Crippen LogP contribution in [0.25, 0.3) is 0 Å². The van der Waals surface area contributed by atoms with E-state index < -0.39 is 0 Å². The highest BCUT2D eigenvalue weighted by Gasteiger charge is 2.02. The van der Waals surface area contributed by atoms with Gasteiger partial charge in [-0.15, -0.1) is 0 Å². The van der Waals surface area contributed by atoms with Gasteiger partial charge >= 0.3 is 0 Å². The quantitative estimate of drug-likeness (QED) is 0.825. The molecule has 0 aliphatic heterocycles. The standard InChI is InChI=1S/C15H13BrFNOS/c16-13-7-11(3-6-14(13)17)9-19-12-4-1-10(2-5-12)8-15(18)20/h1-7H,8-9H2,(H2,18,20). The zero-order valence-electron chi connectivity index (χ0n) is 10.6. The fraction of sp³-hybridized carbons (Fsp3) is 0.133. The maximum Gasteiger partial charge on any atom is 0.137 e. The second-order valence-electron chi connectivity index (χ2n) is 4.32. The summed E-state index contributed by atoms with van der Waals surface area (Å²) in [6.07, 6.45) is 0.584. The molecule has 2 aromatic rings. The van der Waals surface area contributed by atoms with E-state index in [2.05, 4.69) is 15.9 Å². The van der Waals surface area contributed by atoms with Gasteiger partial charge in [0.05, 0.1) is 9.46 Å². The predicted octanol–water partition coefficient (Wildman–Crippen LogP) is 4.00. The van der Waals surface area contributed by atoms with Gasteiger partial charge in [0.2, 0.25) is 0 Å². The largest absolute Gasteiger partial charge is 0.489 e. The summed E-state index contributed by atoms with van der Waals surface area (Å²) in [5.74, 6) is 0.466. The molecule has 20 heavy (non-hydrogen) atoms. The number of benzene rings is 2. The minimum absolute atomic E-state index is 0.282. The number of rotatable bonds is 5. The van der Waals surface area contributed by atoms with Gasteiger partial charge in [-0.1, -0.05) is 30.4 Å². The van der Waals surface area contributed by atoms with Gasteiger partial charge in [0.25, 0.3) is 0 Å². The fourth-order valence-electron chi connectivity index (χ4n) is 1.70. The summed E-state index contributed by atoms with van der Waals surface area (Å²) in [7, 11) is 0. The molecule has 0 bridgehead atoms. The summed E-state index contributed by atoms with van der Waals surface area (Å²) in [6.45, 7) is 0.382. The van der Waals surface area contributed by atoms with Crippen molar-refractivity contribution in [3.63, 3.8) is 0 Å². The van der Waals surface area contributed by atoms with Crippen LogP contribution in [-0.2, 0) is 13.0 Å². The Kier molecular flexibility index (Phi) is 5.09. The lowest BCUT2D eigenvalue weighted by Crippen LogP contribution is -2.10. The Balaban J connectivity index is 1.96. The average molecular weight is 354 g/mol. The predicted molar refractivity (Wildman–Crippen MR) is 85.4 cm³/mol. The highest BCUT2D eigenvalue weighted by molar-refractivity contribution is 9.10. The Morgan fingerprint density at radius 2 is 1.80 bits per heavy atom. The lowest BCUT2D eigenvalue weighted by Gasteiger charge is -2.08. The molecule has 104 valence electrons. The summed E-state index contributed by atoms with van der Waals surface area (Å²) in [6, 6.07) is 12.4. The van der Waals surface area contributed by atoms with Gasteiger partial charge in [-0.25, -0.2) is 4.39 Å². The van der Waals surface area contributed by atoms with Crippen LogP contribution in [0.2, 0.25) is 0 Å². The summed E-state index contributed by atoms with van der Waals surface area (Å²) in [5.41, 5.74) is 7.43. The summed E-state index contributed by atoms with van der Waals surface area (Å²) >= 11 is 8.01. The third-order valence-corrected chi connectivity index (χ3v) is 3.44. The zero-order chi connectivity index (χ0) is 14.5. The van der Waals surface area contributed by atoms with E-state index in [1.807, 2.05) is 24.3 Å². The topological polar surface area (TPSA) is 35.2 Å². The maximum atomic E-state index is 13.1. The van der Waals surface area contributed by atoms with Crippen LogP contribution < -0.4 is 10.5 Å². The lowest BCUT2D eigenvalue weighted by atomic mass is 10.1. The van der Waals surface area contributed by atoms with Crippen molar-refractivity contribution in [2.75, 3.05) is 0 Å². The Morgan fingerprint density at radius 1 is 1.15 bits per heavy atom. The Hall–Kier alpha value is -1.46. The molecule has 0 atom stereocenters. The van der Waals surface area contributed by atoms with E-state index >= 15 is 0 Å². The van der Waals surface area contributed by atoms with Crippen LogP contribution >= 0.6 is 28.1 Å². The van der Waals surface area contributed by atoms with Gasteiger partial charge < -0.3 is 10.5 Å². The van der Waals surface area contributed by atoms with E-state index in [1.54, 1.807) is 12.1 Å². The molecule has 0 aliphatic carbocycles. The number of thiocarbonyl (C=S) groups is 1. The molecule has 0 heterocycles. The Bertz CT molecular complexity index is 616. The van der Waals surface area contributed by atoms with Gasteiger partial charge in [-0.05, 0) is 51.3 Å². The van der Waals surface area contributed by atoms with Crippen LogP contribution in [0.3, 0.4) is 0 Å². The molecule has 2 nitrogen and oxygen atoms in total. The van der Waals surface area contributed by atoms with E-state index in [-0.39, 0.29) is 5.82 Å². The first kappa shape index (κ1) is 14.9. The van der Waals surface area contributed by atoms with Crippen molar-refractivity contribution >= 4 is 33.1 Å². The molecular weight excluding hydrogens is 341 g/mol. The fourth-order valence-corrected chi connectivity index (χ4v) is 2.29. The molecule has 0 spiro atoms. The molecule has 0 aromatic heterocycles. The summed E-state index contributed by atoms with van der Waals surface area (Å²) in [5, 5.41) is 0. The van der Waals surface area contributed by atoms with Crippen LogP contribution in [-0.4, -0.2) is 4.99 Å². The highest BCUT2D eigenvalue weighted by atomic mass is 79.9. The molecule has 0 saturated heterocycles. The molecule has 0 saturated carbocycles. The van der Waals surface area contributed by atoms with E-state index in [0.29, 0.717) is 22.5 Å². The molecule has 2 rings (SSSR count). The minimum atomic E-state index is -0.282. The monoisotopic (exact) mass is 353 g/mol.